The van der Waals surface area contributed by atoms with Crippen LogP contribution in [-0.2, 0) is 16.2 Å². The number of phenols is 1. The summed E-state index contributed by atoms with van der Waals surface area (Å²) >= 11 is 12.4. The van der Waals surface area contributed by atoms with E-state index < -0.39 is 23.7 Å². The number of hydrogen-bond acceptors (Lipinski definition) is 5. The van der Waals surface area contributed by atoms with Crippen molar-refractivity contribution >= 4 is 52.8 Å². The molecule has 0 unspecified atom stereocenters. The number of anilines is 1. The summed E-state index contributed by atoms with van der Waals surface area (Å²) in [6, 6.07) is 13.0. The predicted molar refractivity (Wildman–Crippen MR) is 124 cm³/mol. The molecule has 3 aromatic carbocycles. The Bertz CT molecular complexity index is 1340. The maximum atomic E-state index is 13.5. The van der Waals surface area contributed by atoms with E-state index in [0.717, 1.165) is 4.90 Å². The highest BCUT2D eigenvalue weighted by atomic mass is 35.5. The number of nitrogens with one attached hydrogen (secondary N) is 1. The van der Waals surface area contributed by atoms with E-state index >= 15 is 0 Å². The summed E-state index contributed by atoms with van der Waals surface area (Å²) in [5.74, 6) is -2.21. The summed E-state index contributed by atoms with van der Waals surface area (Å²) in [7, 11) is 0. The SMILES string of the molecule is O=C1NC(=O)N(c2ccc(O)cc2)C(=O)/C1=C/c1cc(Cl)cc(Cl)c1OCc1cccc(F)c1. The van der Waals surface area contributed by atoms with Gasteiger partial charge in [-0.05, 0) is 60.2 Å². The molecule has 1 fully saturated rings. The van der Waals surface area contributed by atoms with E-state index in [-0.39, 0.29) is 45.0 Å². The monoisotopic (exact) mass is 500 g/mol. The quantitative estimate of drug-likeness (QED) is 0.376. The fourth-order valence-corrected chi connectivity index (χ4v) is 3.83. The third-order valence-corrected chi connectivity index (χ3v) is 5.32. The van der Waals surface area contributed by atoms with Crippen LogP contribution >= 0.6 is 23.2 Å². The lowest BCUT2D eigenvalue weighted by atomic mass is 10.1. The van der Waals surface area contributed by atoms with Gasteiger partial charge in [-0.25, -0.2) is 14.1 Å². The Morgan fingerprint density at radius 1 is 1.03 bits per heavy atom. The van der Waals surface area contributed by atoms with Gasteiger partial charge in [-0.2, -0.15) is 0 Å². The number of aromatic hydroxyl groups is 1. The minimum Gasteiger partial charge on any atom is -0.508 e. The molecule has 1 aliphatic rings. The Kier molecular flexibility index (Phi) is 6.54. The molecule has 0 radical (unpaired) electrons. The van der Waals surface area contributed by atoms with E-state index in [1.54, 1.807) is 6.07 Å². The highest BCUT2D eigenvalue weighted by molar-refractivity contribution is 6.40. The normalized spacial score (nSPS) is 15.0. The van der Waals surface area contributed by atoms with Crippen molar-refractivity contribution in [2.75, 3.05) is 4.90 Å². The van der Waals surface area contributed by atoms with Gasteiger partial charge in [0.15, 0.2) is 0 Å². The van der Waals surface area contributed by atoms with Crippen LogP contribution in [-0.4, -0.2) is 23.0 Å². The van der Waals surface area contributed by atoms with Crippen molar-refractivity contribution in [1.82, 2.24) is 5.32 Å². The molecule has 10 heteroatoms. The zero-order valence-corrected chi connectivity index (χ0v) is 18.7. The van der Waals surface area contributed by atoms with E-state index in [1.807, 2.05) is 0 Å². The van der Waals surface area contributed by atoms with Crippen LogP contribution in [0.25, 0.3) is 6.08 Å². The number of amides is 4. The number of hydrogen-bond donors (Lipinski definition) is 2. The molecule has 1 saturated heterocycles. The van der Waals surface area contributed by atoms with E-state index in [0.29, 0.717) is 5.56 Å². The Morgan fingerprint density at radius 3 is 2.47 bits per heavy atom. The van der Waals surface area contributed by atoms with E-state index in [2.05, 4.69) is 5.32 Å². The van der Waals surface area contributed by atoms with Crippen molar-refractivity contribution in [2.45, 2.75) is 6.61 Å². The number of phenolic OH excluding ortho intramolecular Hbond substituents is 1. The Labute approximate surface area is 203 Å². The van der Waals surface area contributed by atoms with Crippen molar-refractivity contribution in [3.8, 4) is 11.5 Å². The molecule has 1 aliphatic heterocycles. The number of halogens is 3. The van der Waals surface area contributed by atoms with Crippen molar-refractivity contribution in [3.05, 3.63) is 93.2 Å². The lowest BCUT2D eigenvalue weighted by molar-refractivity contribution is -0.122. The smallest absolute Gasteiger partial charge is 0.335 e. The molecule has 0 aliphatic carbocycles. The van der Waals surface area contributed by atoms with Gasteiger partial charge in [0, 0.05) is 10.6 Å². The average Bonchev–Trinajstić information content (AvgIpc) is 2.77. The van der Waals surface area contributed by atoms with Gasteiger partial charge < -0.3 is 9.84 Å². The summed E-state index contributed by atoms with van der Waals surface area (Å²) < 4.78 is 19.3. The van der Waals surface area contributed by atoms with Crippen molar-refractivity contribution in [3.63, 3.8) is 0 Å². The first-order valence-electron chi connectivity index (χ1n) is 9.79. The van der Waals surface area contributed by atoms with Gasteiger partial charge in [-0.1, -0.05) is 35.3 Å². The molecule has 0 bridgehead atoms. The van der Waals surface area contributed by atoms with Gasteiger partial charge in [0.25, 0.3) is 11.8 Å². The van der Waals surface area contributed by atoms with Crippen LogP contribution in [0.5, 0.6) is 11.5 Å². The van der Waals surface area contributed by atoms with Gasteiger partial charge in [-0.15, -0.1) is 0 Å². The molecular formula is C24H15Cl2FN2O5. The molecule has 0 atom stereocenters. The van der Waals surface area contributed by atoms with E-state index in [9.17, 15) is 23.9 Å². The Morgan fingerprint density at radius 2 is 1.76 bits per heavy atom. The number of rotatable bonds is 5. The molecule has 0 aromatic heterocycles. The second kappa shape index (κ2) is 9.54. The maximum absolute atomic E-state index is 13.5. The van der Waals surface area contributed by atoms with Gasteiger partial charge in [0.2, 0.25) is 0 Å². The summed E-state index contributed by atoms with van der Waals surface area (Å²) in [4.78, 5) is 38.7. The summed E-state index contributed by atoms with van der Waals surface area (Å²) in [5, 5.41) is 11.9. The first-order chi connectivity index (χ1) is 16.2. The van der Waals surface area contributed by atoms with Gasteiger partial charge in [-0.3, -0.25) is 14.9 Å². The number of nitrogens with zero attached hydrogens (tertiary/aromatic N) is 1. The number of carbonyl (C=O) groups excluding carboxylic acids is 3. The second-order valence-corrected chi connectivity index (χ2v) is 8.04. The molecule has 0 saturated carbocycles. The predicted octanol–water partition coefficient (Wildman–Crippen LogP) is 5.08. The lowest BCUT2D eigenvalue weighted by Crippen LogP contribution is -2.54. The van der Waals surface area contributed by atoms with Crippen molar-refractivity contribution in [2.24, 2.45) is 0 Å². The van der Waals surface area contributed by atoms with Crippen LogP contribution in [0.1, 0.15) is 11.1 Å². The van der Waals surface area contributed by atoms with Gasteiger partial charge >= 0.3 is 6.03 Å². The van der Waals surface area contributed by atoms with Crippen LogP contribution in [0, 0.1) is 5.82 Å². The van der Waals surface area contributed by atoms with Gasteiger partial charge in [0.1, 0.15) is 29.5 Å². The molecule has 34 heavy (non-hydrogen) atoms. The average molecular weight is 501 g/mol. The summed E-state index contributed by atoms with van der Waals surface area (Å²) in [5.41, 5.74) is 0.500. The van der Waals surface area contributed by atoms with Crippen LogP contribution in [0.4, 0.5) is 14.9 Å². The molecule has 2 N–H and O–H groups in total. The van der Waals surface area contributed by atoms with Crippen molar-refractivity contribution in [1.29, 1.82) is 0 Å². The highest BCUT2D eigenvalue weighted by Gasteiger charge is 2.37. The number of ether oxygens (including phenoxy) is 1. The summed E-state index contributed by atoms with van der Waals surface area (Å²) in [6.45, 7) is -0.0481. The first kappa shape index (κ1) is 23.3. The molecule has 7 nitrogen and oxygen atoms in total. The van der Waals surface area contributed by atoms with Crippen LogP contribution in [0.3, 0.4) is 0 Å². The van der Waals surface area contributed by atoms with E-state index in [4.69, 9.17) is 27.9 Å². The van der Waals surface area contributed by atoms with Crippen molar-refractivity contribution < 1.29 is 28.6 Å². The minimum absolute atomic E-state index is 0.0481. The minimum atomic E-state index is -0.940. The number of carbonyl (C=O) groups is 3. The largest absolute Gasteiger partial charge is 0.508 e. The molecular weight excluding hydrogens is 486 g/mol. The molecule has 4 amide bonds. The lowest BCUT2D eigenvalue weighted by Gasteiger charge is -2.26. The van der Waals surface area contributed by atoms with Crippen LogP contribution < -0.4 is 15.0 Å². The Hall–Kier alpha value is -3.88. The number of urea groups is 1. The molecule has 1 heterocycles. The molecule has 4 rings (SSSR count). The van der Waals surface area contributed by atoms with Crippen LogP contribution in [0.15, 0.2) is 66.2 Å². The number of imide groups is 2. The Balaban J connectivity index is 1.71. The molecule has 0 spiro atoms. The number of barbiturate groups is 1. The third kappa shape index (κ3) is 4.88. The maximum Gasteiger partial charge on any atom is 0.335 e. The molecule has 172 valence electrons. The highest BCUT2D eigenvalue weighted by Crippen LogP contribution is 2.35. The topological polar surface area (TPSA) is 95.9 Å². The first-order valence-corrected chi connectivity index (χ1v) is 10.6. The van der Waals surface area contributed by atoms with Crippen LogP contribution in [0.2, 0.25) is 10.0 Å². The van der Waals surface area contributed by atoms with Gasteiger partial charge in [0.05, 0.1) is 10.7 Å². The fraction of sp³-hybridized carbons (Fsp3) is 0.0417. The summed E-state index contributed by atoms with van der Waals surface area (Å²) in [6.07, 6.45) is 1.20. The zero-order valence-electron chi connectivity index (χ0n) is 17.2. The second-order valence-electron chi connectivity index (χ2n) is 7.20. The zero-order chi connectivity index (χ0) is 24.4. The van der Waals surface area contributed by atoms with E-state index in [1.165, 1.54) is 60.7 Å². The molecule has 3 aromatic rings. The third-order valence-electron chi connectivity index (χ3n) is 4.82. The number of benzene rings is 3. The standard InChI is InChI=1S/C24H15Cl2FN2O5/c25-15-9-14(21(20(26)11-15)34-12-13-2-1-3-16(27)8-13)10-19-22(31)28-24(33)29(23(19)32)17-4-6-18(30)7-5-17/h1-11,30H,12H2,(H,28,31,33)/b19-10+. The fourth-order valence-electron chi connectivity index (χ4n) is 3.27.